The van der Waals surface area contributed by atoms with Crippen LogP contribution in [0.3, 0.4) is 0 Å². The molecule has 0 amide bonds. The summed E-state index contributed by atoms with van der Waals surface area (Å²) in [7, 11) is 0. The van der Waals surface area contributed by atoms with E-state index in [9.17, 15) is 0 Å². The van der Waals surface area contributed by atoms with Crippen molar-refractivity contribution in [3.05, 3.63) is 29.8 Å². The lowest BCUT2D eigenvalue weighted by Crippen LogP contribution is -2.31. The number of nitrogens with two attached hydrogens (primary N) is 1. The highest BCUT2D eigenvalue weighted by Gasteiger charge is 2.31. The number of likely N-dealkylation sites (N-methyl/N-ethyl adjacent to an activating group) is 1. The van der Waals surface area contributed by atoms with Crippen molar-refractivity contribution in [1.82, 2.24) is 4.90 Å². The fraction of sp³-hybridized carbons (Fsp3) is 0.571. The summed E-state index contributed by atoms with van der Waals surface area (Å²) in [5, 5.41) is 0. The first-order chi connectivity index (χ1) is 8.26. The molecule has 2 atom stereocenters. The van der Waals surface area contributed by atoms with Gasteiger partial charge >= 0.3 is 0 Å². The standard InChI is InChI=1S/C14H22N2O/c1-3-16-9-8-13(15)14(16)11-6-5-7-12(10-11)17-4-2/h5-7,10,13-14H,3-4,8-9,15H2,1-2H3. The highest BCUT2D eigenvalue weighted by molar-refractivity contribution is 5.32. The molecular formula is C14H22N2O. The van der Waals surface area contributed by atoms with Crippen LogP contribution < -0.4 is 10.5 Å². The topological polar surface area (TPSA) is 38.5 Å². The van der Waals surface area contributed by atoms with Crippen LogP contribution in [0.25, 0.3) is 0 Å². The van der Waals surface area contributed by atoms with Crippen LogP contribution in [0.2, 0.25) is 0 Å². The fourth-order valence-electron chi connectivity index (χ4n) is 2.65. The van der Waals surface area contributed by atoms with Gasteiger partial charge in [-0.3, -0.25) is 4.90 Å². The molecule has 2 N–H and O–H groups in total. The van der Waals surface area contributed by atoms with E-state index in [-0.39, 0.29) is 6.04 Å². The van der Waals surface area contributed by atoms with Crippen LogP contribution in [-0.4, -0.2) is 30.6 Å². The number of benzene rings is 1. The average Bonchev–Trinajstić information content (AvgIpc) is 2.71. The first-order valence-corrected chi connectivity index (χ1v) is 6.48. The summed E-state index contributed by atoms with van der Waals surface area (Å²) in [6.07, 6.45) is 1.08. The number of ether oxygens (including phenoxy) is 1. The Morgan fingerprint density at radius 2 is 2.24 bits per heavy atom. The van der Waals surface area contributed by atoms with Gasteiger partial charge in [0.15, 0.2) is 0 Å². The zero-order chi connectivity index (χ0) is 12.3. The Labute approximate surface area is 104 Å². The Hall–Kier alpha value is -1.06. The molecule has 2 rings (SSSR count). The van der Waals surface area contributed by atoms with Gasteiger partial charge in [0.25, 0.3) is 0 Å². The fourth-order valence-corrected chi connectivity index (χ4v) is 2.65. The molecule has 0 saturated carbocycles. The van der Waals surface area contributed by atoms with Crippen molar-refractivity contribution < 1.29 is 4.74 Å². The van der Waals surface area contributed by atoms with Crippen molar-refractivity contribution in [3.63, 3.8) is 0 Å². The first-order valence-electron chi connectivity index (χ1n) is 6.48. The predicted molar refractivity (Wildman–Crippen MR) is 70.2 cm³/mol. The number of likely N-dealkylation sites (tertiary alicyclic amines) is 1. The Morgan fingerprint density at radius 1 is 1.41 bits per heavy atom. The van der Waals surface area contributed by atoms with Gasteiger partial charge in [0.2, 0.25) is 0 Å². The van der Waals surface area contributed by atoms with E-state index >= 15 is 0 Å². The lowest BCUT2D eigenvalue weighted by Gasteiger charge is -2.26. The first kappa shape index (κ1) is 12.4. The Kier molecular flexibility index (Phi) is 4.02. The van der Waals surface area contributed by atoms with Gasteiger partial charge in [0, 0.05) is 12.6 Å². The van der Waals surface area contributed by atoms with E-state index in [1.54, 1.807) is 0 Å². The second kappa shape index (κ2) is 5.52. The Bertz CT molecular complexity index is 367. The summed E-state index contributed by atoms with van der Waals surface area (Å²) in [6, 6.07) is 8.93. The van der Waals surface area contributed by atoms with E-state index in [2.05, 4.69) is 30.0 Å². The average molecular weight is 234 g/mol. The van der Waals surface area contributed by atoms with Crippen LogP contribution in [0.4, 0.5) is 0 Å². The zero-order valence-corrected chi connectivity index (χ0v) is 10.7. The SMILES string of the molecule is CCOc1cccc(C2C(N)CCN2CC)c1. The molecule has 3 nitrogen and oxygen atoms in total. The largest absolute Gasteiger partial charge is 0.494 e. The van der Waals surface area contributed by atoms with Gasteiger partial charge < -0.3 is 10.5 Å². The molecule has 0 bridgehead atoms. The van der Waals surface area contributed by atoms with E-state index in [0.29, 0.717) is 12.6 Å². The molecule has 1 aliphatic rings. The van der Waals surface area contributed by atoms with Crippen LogP contribution in [-0.2, 0) is 0 Å². The minimum Gasteiger partial charge on any atom is -0.494 e. The van der Waals surface area contributed by atoms with Crippen LogP contribution in [0.5, 0.6) is 5.75 Å². The third-order valence-electron chi connectivity index (χ3n) is 3.47. The molecule has 94 valence electrons. The van der Waals surface area contributed by atoms with Gasteiger partial charge in [-0.15, -0.1) is 0 Å². The molecule has 1 heterocycles. The molecule has 0 spiro atoms. The summed E-state index contributed by atoms with van der Waals surface area (Å²) in [4.78, 5) is 2.44. The smallest absolute Gasteiger partial charge is 0.119 e. The molecule has 1 fully saturated rings. The molecular weight excluding hydrogens is 212 g/mol. The third kappa shape index (κ3) is 2.61. The number of hydrogen-bond acceptors (Lipinski definition) is 3. The Balaban J connectivity index is 2.22. The summed E-state index contributed by atoms with van der Waals surface area (Å²) >= 11 is 0. The summed E-state index contributed by atoms with van der Waals surface area (Å²) < 4.78 is 5.55. The van der Waals surface area contributed by atoms with Crippen molar-refractivity contribution in [2.75, 3.05) is 19.7 Å². The van der Waals surface area contributed by atoms with Crippen LogP contribution in [0.15, 0.2) is 24.3 Å². The quantitative estimate of drug-likeness (QED) is 0.868. The molecule has 1 aromatic carbocycles. The van der Waals surface area contributed by atoms with Crippen molar-refractivity contribution in [3.8, 4) is 5.75 Å². The summed E-state index contributed by atoms with van der Waals surface area (Å²) in [5.41, 5.74) is 7.50. The van der Waals surface area contributed by atoms with E-state index < -0.39 is 0 Å². The van der Waals surface area contributed by atoms with Crippen molar-refractivity contribution in [1.29, 1.82) is 0 Å². The lowest BCUT2D eigenvalue weighted by atomic mass is 10.0. The maximum atomic E-state index is 6.22. The van der Waals surface area contributed by atoms with Crippen molar-refractivity contribution in [2.45, 2.75) is 32.4 Å². The van der Waals surface area contributed by atoms with Crippen LogP contribution in [0, 0.1) is 0 Å². The molecule has 1 aromatic rings. The van der Waals surface area contributed by atoms with Gasteiger partial charge in [-0.25, -0.2) is 0 Å². The number of hydrogen-bond donors (Lipinski definition) is 1. The summed E-state index contributed by atoms with van der Waals surface area (Å²) in [6.45, 7) is 7.06. The van der Waals surface area contributed by atoms with E-state index in [1.807, 2.05) is 13.0 Å². The van der Waals surface area contributed by atoms with Gasteiger partial charge in [-0.05, 0) is 37.6 Å². The summed E-state index contributed by atoms with van der Waals surface area (Å²) in [5.74, 6) is 0.945. The van der Waals surface area contributed by atoms with Crippen molar-refractivity contribution >= 4 is 0 Å². The van der Waals surface area contributed by atoms with E-state index in [4.69, 9.17) is 10.5 Å². The van der Waals surface area contributed by atoms with Gasteiger partial charge in [0.1, 0.15) is 5.75 Å². The number of rotatable bonds is 4. The molecule has 0 aliphatic carbocycles. The molecule has 2 unspecified atom stereocenters. The van der Waals surface area contributed by atoms with Crippen LogP contribution in [0.1, 0.15) is 31.9 Å². The monoisotopic (exact) mass is 234 g/mol. The molecule has 17 heavy (non-hydrogen) atoms. The Morgan fingerprint density at radius 3 is 2.94 bits per heavy atom. The molecule has 1 aliphatic heterocycles. The van der Waals surface area contributed by atoms with Crippen LogP contribution >= 0.6 is 0 Å². The van der Waals surface area contributed by atoms with E-state index in [1.165, 1.54) is 5.56 Å². The maximum absolute atomic E-state index is 6.22. The van der Waals surface area contributed by atoms with Crippen molar-refractivity contribution in [2.24, 2.45) is 5.73 Å². The second-order valence-corrected chi connectivity index (χ2v) is 4.53. The third-order valence-corrected chi connectivity index (χ3v) is 3.47. The zero-order valence-electron chi connectivity index (χ0n) is 10.7. The minimum atomic E-state index is 0.242. The molecule has 3 heteroatoms. The van der Waals surface area contributed by atoms with Gasteiger partial charge in [-0.2, -0.15) is 0 Å². The normalized spacial score (nSPS) is 25.1. The highest BCUT2D eigenvalue weighted by Crippen LogP contribution is 2.32. The molecule has 0 aromatic heterocycles. The highest BCUT2D eigenvalue weighted by atomic mass is 16.5. The molecule has 1 saturated heterocycles. The maximum Gasteiger partial charge on any atom is 0.119 e. The lowest BCUT2D eigenvalue weighted by molar-refractivity contribution is 0.260. The number of nitrogens with zero attached hydrogens (tertiary/aromatic N) is 1. The molecule has 0 radical (unpaired) electrons. The van der Waals surface area contributed by atoms with Gasteiger partial charge in [-0.1, -0.05) is 19.1 Å². The second-order valence-electron chi connectivity index (χ2n) is 4.53. The predicted octanol–water partition coefficient (Wildman–Crippen LogP) is 2.18. The minimum absolute atomic E-state index is 0.242. The van der Waals surface area contributed by atoms with E-state index in [0.717, 1.165) is 25.3 Å². The van der Waals surface area contributed by atoms with Gasteiger partial charge in [0.05, 0.1) is 12.6 Å².